The van der Waals surface area contributed by atoms with Crippen molar-refractivity contribution in [1.82, 2.24) is 0 Å². The van der Waals surface area contributed by atoms with Crippen molar-refractivity contribution in [3.05, 3.63) is 25.3 Å². The second-order valence-electron chi connectivity index (χ2n) is 2.05. The summed E-state index contributed by atoms with van der Waals surface area (Å²) in [6.07, 6.45) is 6.96. The van der Waals surface area contributed by atoms with Gasteiger partial charge in [0, 0.05) is 6.08 Å². The van der Waals surface area contributed by atoms with E-state index in [-0.39, 0.29) is 12.4 Å². The summed E-state index contributed by atoms with van der Waals surface area (Å²) in [5.74, 6) is 1.29. The minimum Gasteiger partial charge on any atom is -0.449 e. The van der Waals surface area contributed by atoms with Crippen LogP contribution >= 0.6 is 0 Å². The summed E-state index contributed by atoms with van der Waals surface area (Å²) >= 11 is 0. The molecule has 0 aromatic heterocycles. The van der Waals surface area contributed by atoms with Crippen LogP contribution in [0.3, 0.4) is 0 Å². The Morgan fingerprint density at radius 2 is 2.07 bits per heavy atom. The van der Waals surface area contributed by atoms with Gasteiger partial charge in [-0.25, -0.2) is 4.79 Å². The van der Waals surface area contributed by atoms with Gasteiger partial charge in [-0.05, 0) is 0 Å². The van der Waals surface area contributed by atoms with Crippen molar-refractivity contribution in [2.45, 2.75) is 0 Å². The Kier molecular flexibility index (Phi) is 9.52. The SMILES string of the molecule is C#CCOC(=O)C=C.C=CCS(=O)(=O)O. The molecule has 0 bridgehead atoms. The van der Waals surface area contributed by atoms with Crippen molar-refractivity contribution in [3.63, 3.8) is 0 Å². The van der Waals surface area contributed by atoms with Crippen molar-refractivity contribution in [2.24, 2.45) is 0 Å². The van der Waals surface area contributed by atoms with E-state index < -0.39 is 16.1 Å². The van der Waals surface area contributed by atoms with E-state index in [0.717, 1.165) is 12.2 Å². The number of hydrogen-bond donors (Lipinski definition) is 1. The second-order valence-corrected chi connectivity index (χ2v) is 3.55. The maximum Gasteiger partial charge on any atom is 0.331 e. The lowest BCUT2D eigenvalue weighted by Gasteiger charge is -1.90. The highest BCUT2D eigenvalue weighted by molar-refractivity contribution is 7.85. The average Bonchev–Trinajstić information content (AvgIpc) is 2.13. The molecular weight excluding hydrogens is 220 g/mol. The largest absolute Gasteiger partial charge is 0.449 e. The van der Waals surface area contributed by atoms with Gasteiger partial charge in [0.1, 0.15) is 0 Å². The molecule has 84 valence electrons. The summed E-state index contributed by atoms with van der Waals surface area (Å²) in [5, 5.41) is 0. The fraction of sp³-hybridized carbons (Fsp3) is 0.222. The van der Waals surface area contributed by atoms with Gasteiger partial charge in [-0.1, -0.05) is 18.6 Å². The fourth-order valence-corrected chi connectivity index (χ4v) is 0.619. The molecule has 0 unspecified atom stereocenters. The number of hydrogen-bond acceptors (Lipinski definition) is 4. The van der Waals surface area contributed by atoms with Crippen LogP contribution < -0.4 is 0 Å². The molecule has 6 heteroatoms. The molecule has 0 fully saturated rings. The maximum atomic E-state index is 10.1. The Morgan fingerprint density at radius 3 is 2.27 bits per heavy atom. The number of esters is 1. The maximum absolute atomic E-state index is 10.1. The molecule has 0 heterocycles. The highest BCUT2D eigenvalue weighted by atomic mass is 32.2. The molecule has 0 saturated heterocycles. The van der Waals surface area contributed by atoms with Crippen molar-refractivity contribution in [3.8, 4) is 12.3 Å². The van der Waals surface area contributed by atoms with Crippen LogP contribution in [0, 0.1) is 12.3 Å². The number of terminal acetylenes is 1. The van der Waals surface area contributed by atoms with E-state index in [1.807, 2.05) is 0 Å². The van der Waals surface area contributed by atoms with Crippen LogP contribution in [0.1, 0.15) is 0 Å². The first-order valence-electron chi connectivity index (χ1n) is 3.66. The molecular formula is C9H12O5S. The molecule has 0 saturated carbocycles. The van der Waals surface area contributed by atoms with E-state index in [4.69, 9.17) is 11.0 Å². The van der Waals surface area contributed by atoms with E-state index >= 15 is 0 Å². The van der Waals surface area contributed by atoms with E-state index in [0.29, 0.717) is 0 Å². The van der Waals surface area contributed by atoms with E-state index in [2.05, 4.69) is 23.8 Å². The second kappa shape index (κ2) is 8.99. The van der Waals surface area contributed by atoms with Crippen LogP contribution in [0.4, 0.5) is 0 Å². The Morgan fingerprint density at radius 1 is 1.53 bits per heavy atom. The van der Waals surface area contributed by atoms with E-state index in [1.165, 1.54) is 0 Å². The van der Waals surface area contributed by atoms with Crippen LogP contribution in [-0.4, -0.2) is 31.3 Å². The van der Waals surface area contributed by atoms with E-state index in [1.54, 1.807) is 0 Å². The standard InChI is InChI=1S/C6H6O2.C3H6O3S/c1-3-5-8-6(7)4-2;1-2-3-7(4,5)6/h1,4H,2,5H2;2H,1,3H2,(H,4,5,6). The van der Waals surface area contributed by atoms with Crippen molar-refractivity contribution >= 4 is 16.1 Å². The molecule has 0 spiro atoms. The lowest BCUT2D eigenvalue weighted by molar-refractivity contribution is -0.136. The van der Waals surface area contributed by atoms with Crippen LogP contribution in [-0.2, 0) is 19.6 Å². The Hall–Kier alpha value is -1.58. The molecule has 0 aromatic carbocycles. The average molecular weight is 232 g/mol. The zero-order valence-electron chi connectivity index (χ0n) is 8.05. The normalized spacial score (nSPS) is 8.80. The third-order valence-electron chi connectivity index (χ3n) is 0.793. The van der Waals surface area contributed by atoms with Gasteiger partial charge in [-0.2, -0.15) is 8.42 Å². The summed E-state index contributed by atoms with van der Waals surface area (Å²) in [5.41, 5.74) is 0. The van der Waals surface area contributed by atoms with Gasteiger partial charge in [-0.3, -0.25) is 4.55 Å². The number of ether oxygens (including phenoxy) is 1. The van der Waals surface area contributed by atoms with Crippen LogP contribution in [0.2, 0.25) is 0 Å². The van der Waals surface area contributed by atoms with Gasteiger partial charge in [0.15, 0.2) is 6.61 Å². The first-order chi connectivity index (χ1) is 6.87. The Labute approximate surface area is 89.2 Å². The third-order valence-corrected chi connectivity index (χ3v) is 1.45. The summed E-state index contributed by atoms with van der Waals surface area (Å²) in [4.78, 5) is 10.1. The lowest BCUT2D eigenvalue weighted by Crippen LogP contribution is -1.99. The first-order valence-corrected chi connectivity index (χ1v) is 5.27. The van der Waals surface area contributed by atoms with Crippen LogP contribution in [0.15, 0.2) is 25.3 Å². The number of carbonyl (C=O) groups is 1. The number of rotatable bonds is 4. The van der Waals surface area contributed by atoms with Crippen molar-refractivity contribution in [2.75, 3.05) is 12.4 Å². The highest BCUT2D eigenvalue weighted by Crippen LogP contribution is 1.78. The summed E-state index contributed by atoms with van der Waals surface area (Å²) in [6, 6.07) is 0. The first kappa shape index (κ1) is 15.9. The summed E-state index contributed by atoms with van der Waals surface area (Å²) < 4.78 is 31.7. The topological polar surface area (TPSA) is 80.7 Å². The van der Waals surface area contributed by atoms with Crippen molar-refractivity contribution < 1.29 is 22.5 Å². The molecule has 5 nitrogen and oxygen atoms in total. The Balaban J connectivity index is 0. The van der Waals surface area contributed by atoms with Gasteiger partial charge < -0.3 is 4.74 Å². The van der Waals surface area contributed by atoms with Gasteiger partial charge in [-0.15, -0.1) is 13.0 Å². The molecule has 0 aliphatic heterocycles. The summed E-state index contributed by atoms with van der Waals surface area (Å²) in [6.45, 7) is 6.30. The van der Waals surface area contributed by atoms with Gasteiger partial charge >= 0.3 is 5.97 Å². The lowest BCUT2D eigenvalue weighted by atomic mass is 10.6. The molecule has 1 N–H and O–H groups in total. The minimum absolute atomic E-state index is 0.0187. The number of carbonyl (C=O) groups excluding carboxylic acids is 1. The molecule has 0 amide bonds. The predicted octanol–water partition coefficient (Wildman–Crippen LogP) is 0.409. The Bertz CT molecular complexity index is 347. The smallest absolute Gasteiger partial charge is 0.331 e. The quantitative estimate of drug-likeness (QED) is 0.249. The molecule has 0 radical (unpaired) electrons. The van der Waals surface area contributed by atoms with Crippen LogP contribution in [0.25, 0.3) is 0 Å². The van der Waals surface area contributed by atoms with Gasteiger partial charge in [0.25, 0.3) is 10.1 Å². The zero-order valence-corrected chi connectivity index (χ0v) is 8.87. The van der Waals surface area contributed by atoms with Gasteiger partial charge in [0.05, 0.1) is 5.75 Å². The van der Waals surface area contributed by atoms with Crippen LogP contribution in [0.5, 0.6) is 0 Å². The minimum atomic E-state index is -3.79. The van der Waals surface area contributed by atoms with E-state index in [9.17, 15) is 13.2 Å². The predicted molar refractivity (Wildman–Crippen MR) is 56.6 cm³/mol. The molecule has 0 rings (SSSR count). The molecule has 0 aliphatic carbocycles. The molecule has 0 atom stereocenters. The fourth-order valence-electron chi connectivity index (χ4n) is 0.321. The molecule has 0 aliphatic rings. The van der Waals surface area contributed by atoms with Gasteiger partial charge in [0.2, 0.25) is 0 Å². The monoisotopic (exact) mass is 232 g/mol. The zero-order chi connectivity index (χ0) is 12.3. The molecule has 15 heavy (non-hydrogen) atoms. The third kappa shape index (κ3) is 19.0. The summed E-state index contributed by atoms with van der Waals surface area (Å²) in [7, 11) is -3.79. The molecule has 0 aromatic rings. The highest BCUT2D eigenvalue weighted by Gasteiger charge is 1.95. The van der Waals surface area contributed by atoms with Crippen molar-refractivity contribution in [1.29, 1.82) is 0 Å².